The molecule has 0 spiro atoms. The fourth-order valence-corrected chi connectivity index (χ4v) is 5.83. The molecule has 3 aromatic rings. The van der Waals surface area contributed by atoms with Gasteiger partial charge in [-0.1, -0.05) is 49.6 Å². The molecule has 5 nitrogen and oxygen atoms in total. The van der Waals surface area contributed by atoms with Crippen molar-refractivity contribution in [2.75, 3.05) is 33.4 Å². The Morgan fingerprint density at radius 3 is 2.50 bits per heavy atom. The number of benzene rings is 2. The van der Waals surface area contributed by atoms with E-state index in [9.17, 15) is 4.79 Å². The Bertz CT molecular complexity index is 1090. The van der Waals surface area contributed by atoms with Crippen LogP contribution in [-0.2, 0) is 16.1 Å². The van der Waals surface area contributed by atoms with Gasteiger partial charge >= 0.3 is 0 Å². The molecule has 1 aromatic heterocycles. The Balaban J connectivity index is 1.48. The number of carbonyl (C=O) groups excluding carboxylic acids is 1. The van der Waals surface area contributed by atoms with Gasteiger partial charge in [-0.2, -0.15) is 0 Å². The summed E-state index contributed by atoms with van der Waals surface area (Å²) in [5.74, 6) is 1.99. The summed E-state index contributed by atoms with van der Waals surface area (Å²) in [5, 5.41) is 1.29. The summed E-state index contributed by atoms with van der Waals surface area (Å²) in [6.45, 7) is 3.55. The van der Waals surface area contributed by atoms with E-state index in [1.54, 1.807) is 7.11 Å². The standard InChI is InChI=1S/C29H36N2O3/c1-33-24-13-11-22(12-14-24)20-31-21-27(25-9-5-6-10-28(25)31)26(23-7-3-2-4-8-23)19-29(32)30-15-17-34-18-16-30/h5-6,9-14,21,23,26H,2-4,7-8,15-20H2,1H3/t26-/m0/s1. The third-order valence-corrected chi connectivity index (χ3v) is 7.71. The molecular weight excluding hydrogens is 424 g/mol. The molecule has 1 amide bonds. The maximum Gasteiger partial charge on any atom is 0.223 e. The first-order chi connectivity index (χ1) is 16.7. The van der Waals surface area contributed by atoms with Gasteiger partial charge in [-0.05, 0) is 54.0 Å². The van der Waals surface area contributed by atoms with Crippen molar-refractivity contribution in [2.24, 2.45) is 5.92 Å². The van der Waals surface area contributed by atoms with Gasteiger partial charge in [0, 0.05) is 43.2 Å². The average molecular weight is 461 g/mol. The number of fused-ring (bicyclic) bond motifs is 1. The largest absolute Gasteiger partial charge is 0.497 e. The van der Waals surface area contributed by atoms with Crippen molar-refractivity contribution in [3.05, 3.63) is 65.9 Å². The van der Waals surface area contributed by atoms with Crippen molar-refractivity contribution in [3.8, 4) is 5.75 Å². The molecular formula is C29H36N2O3. The normalized spacial score (nSPS) is 18.2. The predicted molar refractivity (Wildman–Crippen MR) is 135 cm³/mol. The molecule has 2 aliphatic rings. The minimum atomic E-state index is 0.262. The Labute approximate surface area is 202 Å². The number of aromatic nitrogens is 1. The van der Waals surface area contributed by atoms with Crippen LogP contribution >= 0.6 is 0 Å². The molecule has 2 fully saturated rings. The predicted octanol–water partition coefficient (Wildman–Crippen LogP) is 5.61. The highest BCUT2D eigenvalue weighted by atomic mass is 16.5. The lowest BCUT2D eigenvalue weighted by Gasteiger charge is -2.33. The molecule has 1 aliphatic carbocycles. The number of methoxy groups -OCH3 is 1. The smallest absolute Gasteiger partial charge is 0.223 e. The molecule has 2 heterocycles. The van der Waals surface area contributed by atoms with E-state index in [0.717, 1.165) is 25.4 Å². The number of morpholine rings is 1. The molecule has 0 N–H and O–H groups in total. The van der Waals surface area contributed by atoms with Crippen LogP contribution in [0, 0.1) is 5.92 Å². The third kappa shape index (κ3) is 5.00. The van der Waals surface area contributed by atoms with Crippen molar-refractivity contribution in [3.63, 3.8) is 0 Å². The Kier molecular flexibility index (Phi) is 7.19. The zero-order valence-electron chi connectivity index (χ0n) is 20.2. The minimum Gasteiger partial charge on any atom is -0.497 e. The maximum atomic E-state index is 13.4. The van der Waals surface area contributed by atoms with Crippen molar-refractivity contribution in [1.82, 2.24) is 9.47 Å². The molecule has 2 aromatic carbocycles. The number of hydrogen-bond acceptors (Lipinski definition) is 3. The Morgan fingerprint density at radius 2 is 1.76 bits per heavy atom. The second kappa shape index (κ2) is 10.6. The number of para-hydroxylation sites is 1. The van der Waals surface area contributed by atoms with Gasteiger partial charge in [-0.3, -0.25) is 4.79 Å². The maximum absolute atomic E-state index is 13.4. The first-order valence-electron chi connectivity index (χ1n) is 12.8. The first-order valence-corrected chi connectivity index (χ1v) is 12.8. The van der Waals surface area contributed by atoms with Crippen molar-refractivity contribution in [2.45, 2.75) is 51.0 Å². The SMILES string of the molecule is COc1ccc(Cn2cc([C@@H](CC(=O)N3CCOCC3)C3CCCCC3)c3ccccc32)cc1. The molecule has 0 radical (unpaired) electrons. The lowest BCUT2D eigenvalue weighted by molar-refractivity contribution is -0.136. The Hall–Kier alpha value is -2.79. The minimum absolute atomic E-state index is 0.262. The number of rotatable bonds is 7. The van der Waals surface area contributed by atoms with Crippen molar-refractivity contribution >= 4 is 16.8 Å². The molecule has 180 valence electrons. The monoisotopic (exact) mass is 460 g/mol. The van der Waals surface area contributed by atoms with E-state index in [-0.39, 0.29) is 11.8 Å². The molecule has 1 saturated carbocycles. The van der Waals surface area contributed by atoms with E-state index in [1.807, 2.05) is 17.0 Å². The van der Waals surface area contributed by atoms with Crippen LogP contribution in [0.25, 0.3) is 10.9 Å². The van der Waals surface area contributed by atoms with Crippen LogP contribution in [0.3, 0.4) is 0 Å². The Morgan fingerprint density at radius 1 is 1.03 bits per heavy atom. The third-order valence-electron chi connectivity index (χ3n) is 7.71. The number of hydrogen-bond donors (Lipinski definition) is 0. The summed E-state index contributed by atoms with van der Waals surface area (Å²) in [7, 11) is 1.70. The number of nitrogens with zero attached hydrogens (tertiary/aromatic N) is 2. The van der Waals surface area contributed by atoms with Crippen LogP contribution in [0.5, 0.6) is 5.75 Å². The highest BCUT2D eigenvalue weighted by Gasteiger charge is 2.31. The van der Waals surface area contributed by atoms with Crippen LogP contribution in [-0.4, -0.2) is 48.8 Å². The average Bonchev–Trinajstić information content (AvgIpc) is 3.26. The van der Waals surface area contributed by atoms with Crippen LogP contribution in [0.1, 0.15) is 55.6 Å². The summed E-state index contributed by atoms with van der Waals surface area (Å²) in [6.07, 6.45) is 9.24. The van der Waals surface area contributed by atoms with Gasteiger partial charge in [-0.15, -0.1) is 0 Å². The van der Waals surface area contributed by atoms with E-state index < -0.39 is 0 Å². The van der Waals surface area contributed by atoms with E-state index in [0.29, 0.717) is 25.6 Å². The van der Waals surface area contributed by atoms with Crippen LogP contribution in [0.15, 0.2) is 54.7 Å². The zero-order chi connectivity index (χ0) is 23.3. The number of amides is 1. The molecule has 0 unspecified atom stereocenters. The second-order valence-electron chi connectivity index (χ2n) is 9.78. The molecule has 5 rings (SSSR count). The van der Waals surface area contributed by atoms with E-state index in [2.05, 4.69) is 47.2 Å². The van der Waals surface area contributed by atoms with E-state index in [1.165, 1.54) is 54.1 Å². The molecule has 1 aliphatic heterocycles. The summed E-state index contributed by atoms with van der Waals surface area (Å²) >= 11 is 0. The second-order valence-corrected chi connectivity index (χ2v) is 9.78. The van der Waals surface area contributed by atoms with Crippen LogP contribution in [0.4, 0.5) is 0 Å². The van der Waals surface area contributed by atoms with Gasteiger partial charge in [0.2, 0.25) is 5.91 Å². The molecule has 34 heavy (non-hydrogen) atoms. The van der Waals surface area contributed by atoms with Crippen molar-refractivity contribution < 1.29 is 14.3 Å². The summed E-state index contributed by atoms with van der Waals surface area (Å²) in [6, 6.07) is 17.0. The zero-order valence-corrected chi connectivity index (χ0v) is 20.2. The molecule has 1 saturated heterocycles. The first kappa shape index (κ1) is 23.0. The lowest BCUT2D eigenvalue weighted by Crippen LogP contribution is -2.41. The van der Waals surface area contributed by atoms with Gasteiger partial charge < -0.3 is 18.9 Å². The fourth-order valence-electron chi connectivity index (χ4n) is 5.83. The summed E-state index contributed by atoms with van der Waals surface area (Å²) < 4.78 is 13.2. The summed E-state index contributed by atoms with van der Waals surface area (Å²) in [4.78, 5) is 15.4. The highest BCUT2D eigenvalue weighted by Crippen LogP contribution is 2.42. The molecule has 0 bridgehead atoms. The van der Waals surface area contributed by atoms with E-state index in [4.69, 9.17) is 9.47 Å². The van der Waals surface area contributed by atoms with Gasteiger partial charge in [-0.25, -0.2) is 0 Å². The van der Waals surface area contributed by atoms with Gasteiger partial charge in [0.05, 0.1) is 20.3 Å². The summed E-state index contributed by atoms with van der Waals surface area (Å²) in [5.41, 5.74) is 3.83. The number of carbonyl (C=O) groups is 1. The number of ether oxygens (including phenoxy) is 2. The van der Waals surface area contributed by atoms with E-state index >= 15 is 0 Å². The van der Waals surface area contributed by atoms with Gasteiger partial charge in [0.15, 0.2) is 0 Å². The van der Waals surface area contributed by atoms with Crippen LogP contribution in [0.2, 0.25) is 0 Å². The topological polar surface area (TPSA) is 43.7 Å². The van der Waals surface area contributed by atoms with Crippen LogP contribution < -0.4 is 4.74 Å². The molecule has 1 atom stereocenters. The molecule has 5 heteroatoms. The highest BCUT2D eigenvalue weighted by molar-refractivity contribution is 5.86. The quantitative estimate of drug-likeness (QED) is 0.460. The lowest BCUT2D eigenvalue weighted by atomic mass is 9.75. The van der Waals surface area contributed by atoms with Crippen molar-refractivity contribution in [1.29, 1.82) is 0 Å². The van der Waals surface area contributed by atoms with Gasteiger partial charge in [0.25, 0.3) is 0 Å². The van der Waals surface area contributed by atoms with Gasteiger partial charge in [0.1, 0.15) is 5.75 Å². The fraction of sp³-hybridized carbons (Fsp3) is 0.483.